The molecule has 7 nitrogen and oxygen atoms in total. The summed E-state index contributed by atoms with van der Waals surface area (Å²) in [7, 11) is -3.54. The van der Waals surface area contributed by atoms with Crippen LogP contribution in [0.4, 0.5) is 0 Å². The van der Waals surface area contributed by atoms with Gasteiger partial charge >= 0.3 is 0 Å². The van der Waals surface area contributed by atoms with Crippen molar-refractivity contribution in [1.29, 1.82) is 0 Å². The summed E-state index contributed by atoms with van der Waals surface area (Å²) in [5, 5.41) is 3.20. The summed E-state index contributed by atoms with van der Waals surface area (Å²) in [6.45, 7) is 8.03. The summed E-state index contributed by atoms with van der Waals surface area (Å²) in [6.07, 6.45) is 1.35. The van der Waals surface area contributed by atoms with Crippen LogP contribution in [-0.2, 0) is 19.6 Å². The fourth-order valence-electron chi connectivity index (χ4n) is 2.21. The molecule has 0 saturated carbocycles. The monoisotopic (exact) mass is 387 g/mol. The first-order valence-electron chi connectivity index (χ1n) is 8.29. The minimum absolute atomic E-state index is 0.0504. The highest BCUT2D eigenvalue weighted by atomic mass is 32.2. The van der Waals surface area contributed by atoms with E-state index in [2.05, 4.69) is 10.3 Å². The van der Waals surface area contributed by atoms with Crippen molar-refractivity contribution in [3.8, 4) is 0 Å². The highest BCUT2D eigenvalue weighted by molar-refractivity contribution is 8.00. The van der Waals surface area contributed by atoms with Crippen LogP contribution in [0.2, 0.25) is 0 Å². The number of hydrogen-bond acceptors (Lipinski definition) is 6. The molecule has 0 radical (unpaired) electrons. The van der Waals surface area contributed by atoms with Gasteiger partial charge in [0, 0.05) is 25.8 Å². The summed E-state index contributed by atoms with van der Waals surface area (Å²) in [5.74, 6) is 0.342. The Morgan fingerprint density at radius 2 is 2.00 bits per heavy atom. The Labute approximate surface area is 153 Å². The molecule has 1 aliphatic heterocycles. The molecule has 1 saturated heterocycles. The molecule has 0 spiro atoms. The number of morpholine rings is 1. The fourth-order valence-corrected chi connectivity index (χ4v) is 4.37. The van der Waals surface area contributed by atoms with Crippen LogP contribution >= 0.6 is 11.8 Å². The van der Waals surface area contributed by atoms with E-state index in [0.29, 0.717) is 43.8 Å². The Bertz CT molecular complexity index is 671. The SMILES string of the molecule is CC(C)CNC(=O)[C@@H](C)Sc1ccc(S(=O)(=O)N2CCOCC2)cn1. The first-order chi connectivity index (χ1) is 11.8. The van der Waals surface area contributed by atoms with Crippen molar-refractivity contribution in [3.05, 3.63) is 18.3 Å². The lowest BCUT2D eigenvalue weighted by atomic mass is 10.2. The first kappa shape index (κ1) is 20.2. The van der Waals surface area contributed by atoms with E-state index < -0.39 is 10.0 Å². The van der Waals surface area contributed by atoms with E-state index >= 15 is 0 Å². The Morgan fingerprint density at radius 1 is 1.32 bits per heavy atom. The molecule has 9 heteroatoms. The van der Waals surface area contributed by atoms with Gasteiger partial charge in [-0.15, -0.1) is 0 Å². The van der Waals surface area contributed by atoms with E-state index in [4.69, 9.17) is 4.74 Å². The largest absolute Gasteiger partial charge is 0.379 e. The number of nitrogens with zero attached hydrogens (tertiary/aromatic N) is 2. The molecule has 1 fully saturated rings. The van der Waals surface area contributed by atoms with Crippen LogP contribution in [0.3, 0.4) is 0 Å². The van der Waals surface area contributed by atoms with Gasteiger partial charge in [0.1, 0.15) is 4.90 Å². The Morgan fingerprint density at radius 3 is 2.56 bits per heavy atom. The summed E-state index contributed by atoms with van der Waals surface area (Å²) in [4.78, 5) is 16.4. The van der Waals surface area contributed by atoms with Crippen LogP contribution in [0, 0.1) is 5.92 Å². The predicted octanol–water partition coefficient (Wildman–Crippen LogP) is 1.36. The zero-order valence-electron chi connectivity index (χ0n) is 14.8. The molecule has 140 valence electrons. The zero-order valence-corrected chi connectivity index (χ0v) is 16.4. The lowest BCUT2D eigenvalue weighted by molar-refractivity contribution is -0.120. The summed E-state index contributed by atoms with van der Waals surface area (Å²) >= 11 is 1.31. The topological polar surface area (TPSA) is 88.6 Å². The lowest BCUT2D eigenvalue weighted by Gasteiger charge is -2.25. The molecule has 1 atom stereocenters. The third kappa shape index (κ3) is 5.67. The van der Waals surface area contributed by atoms with Gasteiger partial charge in [-0.1, -0.05) is 25.6 Å². The highest BCUT2D eigenvalue weighted by Gasteiger charge is 2.26. The molecule has 1 N–H and O–H groups in total. The van der Waals surface area contributed by atoms with Gasteiger partial charge in [-0.25, -0.2) is 13.4 Å². The van der Waals surface area contributed by atoms with Crippen molar-refractivity contribution in [3.63, 3.8) is 0 Å². The van der Waals surface area contributed by atoms with Gasteiger partial charge in [0.25, 0.3) is 0 Å². The van der Waals surface area contributed by atoms with E-state index in [0.717, 1.165) is 0 Å². The zero-order chi connectivity index (χ0) is 18.4. The number of carbonyl (C=O) groups is 1. The standard InChI is InChI=1S/C16H25N3O4S2/c1-12(2)10-18-16(20)13(3)24-15-5-4-14(11-17-15)25(21,22)19-6-8-23-9-7-19/h4-5,11-13H,6-10H2,1-3H3,(H,18,20)/t13-/m1/s1. The molecule has 0 bridgehead atoms. The molecule has 1 aromatic heterocycles. The van der Waals surface area contributed by atoms with Gasteiger partial charge in [0.2, 0.25) is 15.9 Å². The number of ether oxygens (including phenoxy) is 1. The van der Waals surface area contributed by atoms with Crippen LogP contribution < -0.4 is 5.32 Å². The Kier molecular flexibility index (Phi) is 7.24. The third-order valence-electron chi connectivity index (χ3n) is 3.67. The molecule has 25 heavy (non-hydrogen) atoms. The van der Waals surface area contributed by atoms with Crippen molar-refractivity contribution in [2.45, 2.75) is 35.9 Å². The molecule has 0 aliphatic carbocycles. The van der Waals surface area contributed by atoms with Crippen molar-refractivity contribution < 1.29 is 17.9 Å². The average molecular weight is 388 g/mol. The molecule has 2 heterocycles. The second kappa shape index (κ2) is 8.98. The van der Waals surface area contributed by atoms with Crippen molar-refractivity contribution >= 4 is 27.7 Å². The van der Waals surface area contributed by atoms with Crippen LogP contribution in [0.1, 0.15) is 20.8 Å². The minimum atomic E-state index is -3.54. The summed E-state index contributed by atoms with van der Waals surface area (Å²) in [6, 6.07) is 3.18. The summed E-state index contributed by atoms with van der Waals surface area (Å²) in [5.41, 5.74) is 0. The maximum Gasteiger partial charge on any atom is 0.244 e. The number of sulfonamides is 1. The van der Waals surface area contributed by atoms with Crippen LogP contribution in [0.15, 0.2) is 28.3 Å². The van der Waals surface area contributed by atoms with E-state index in [1.807, 2.05) is 13.8 Å². The Balaban J connectivity index is 1.98. The van der Waals surface area contributed by atoms with Crippen LogP contribution in [-0.4, -0.2) is 61.7 Å². The molecule has 1 amide bonds. The van der Waals surface area contributed by atoms with Gasteiger partial charge in [-0.2, -0.15) is 4.31 Å². The van der Waals surface area contributed by atoms with Gasteiger partial charge in [-0.3, -0.25) is 4.79 Å². The quantitative estimate of drug-likeness (QED) is 0.711. The second-order valence-corrected chi connectivity index (χ2v) is 9.55. The number of hydrogen-bond donors (Lipinski definition) is 1. The van der Waals surface area contributed by atoms with Crippen LogP contribution in [0.5, 0.6) is 0 Å². The number of nitrogens with one attached hydrogen (secondary N) is 1. The number of pyridine rings is 1. The Hall–Kier alpha value is -1.16. The van der Waals surface area contributed by atoms with Gasteiger partial charge < -0.3 is 10.1 Å². The maximum atomic E-state index is 12.5. The van der Waals surface area contributed by atoms with E-state index in [-0.39, 0.29) is 16.1 Å². The fraction of sp³-hybridized carbons (Fsp3) is 0.625. The van der Waals surface area contributed by atoms with Crippen molar-refractivity contribution in [2.75, 3.05) is 32.8 Å². The molecule has 2 rings (SSSR count). The normalized spacial score (nSPS) is 17.4. The number of aromatic nitrogens is 1. The van der Waals surface area contributed by atoms with Crippen molar-refractivity contribution in [2.24, 2.45) is 5.92 Å². The van der Waals surface area contributed by atoms with E-state index in [9.17, 15) is 13.2 Å². The molecule has 0 aromatic carbocycles. The van der Waals surface area contributed by atoms with Crippen LogP contribution in [0.25, 0.3) is 0 Å². The summed E-state index contributed by atoms with van der Waals surface area (Å²) < 4.78 is 31.7. The number of thioether (sulfide) groups is 1. The van der Waals surface area contributed by atoms with Gasteiger partial charge in [0.15, 0.2) is 0 Å². The average Bonchev–Trinajstić information content (AvgIpc) is 2.60. The molecule has 0 unspecified atom stereocenters. The third-order valence-corrected chi connectivity index (χ3v) is 6.60. The van der Waals surface area contributed by atoms with E-state index in [1.54, 1.807) is 19.1 Å². The van der Waals surface area contributed by atoms with Crippen molar-refractivity contribution in [1.82, 2.24) is 14.6 Å². The minimum Gasteiger partial charge on any atom is -0.379 e. The smallest absolute Gasteiger partial charge is 0.244 e. The predicted molar refractivity (Wildman–Crippen MR) is 97.0 cm³/mol. The second-order valence-electron chi connectivity index (χ2n) is 6.25. The molecular weight excluding hydrogens is 362 g/mol. The maximum absolute atomic E-state index is 12.5. The number of carbonyl (C=O) groups excluding carboxylic acids is 1. The molecule has 1 aliphatic rings. The number of rotatable bonds is 7. The van der Waals surface area contributed by atoms with Gasteiger partial charge in [-0.05, 0) is 25.0 Å². The first-order valence-corrected chi connectivity index (χ1v) is 10.6. The van der Waals surface area contributed by atoms with Gasteiger partial charge in [0.05, 0.1) is 23.5 Å². The number of amides is 1. The highest BCUT2D eigenvalue weighted by Crippen LogP contribution is 2.23. The molecular formula is C16H25N3O4S2. The molecule has 1 aromatic rings. The van der Waals surface area contributed by atoms with E-state index in [1.165, 1.54) is 22.3 Å². The lowest BCUT2D eigenvalue weighted by Crippen LogP contribution is -2.40.